The van der Waals surface area contributed by atoms with Gasteiger partial charge < -0.3 is 10.1 Å². The van der Waals surface area contributed by atoms with Crippen LogP contribution in [0.4, 0.5) is 11.4 Å². The average Bonchev–Trinajstić information content (AvgIpc) is 2.85. The first-order chi connectivity index (χ1) is 16.0. The van der Waals surface area contributed by atoms with Crippen molar-refractivity contribution in [3.8, 4) is 11.5 Å². The summed E-state index contributed by atoms with van der Waals surface area (Å²) < 4.78 is 33.7. The van der Waals surface area contributed by atoms with Crippen LogP contribution in [0.1, 0.15) is 0 Å². The Morgan fingerprint density at radius 2 is 1.27 bits per heavy atom. The minimum Gasteiger partial charge on any atom is -0.455 e. The van der Waals surface area contributed by atoms with Crippen LogP contribution in [-0.2, 0) is 14.8 Å². The van der Waals surface area contributed by atoms with E-state index in [9.17, 15) is 13.2 Å². The number of ether oxygens (including phenoxy) is 1. The molecular weight excluding hydrogens is 436 g/mol. The molecule has 1 N–H and O–H groups in total. The molecular formula is C26H22N2O4S. The van der Waals surface area contributed by atoms with Gasteiger partial charge in [-0.3, -0.25) is 9.10 Å². The van der Waals surface area contributed by atoms with Crippen LogP contribution in [0.25, 0.3) is 0 Å². The van der Waals surface area contributed by atoms with Gasteiger partial charge in [0, 0.05) is 0 Å². The lowest BCUT2D eigenvalue weighted by molar-refractivity contribution is -0.114. The number of carbonyl (C=O) groups is 1. The van der Waals surface area contributed by atoms with Crippen molar-refractivity contribution in [2.45, 2.75) is 4.90 Å². The lowest BCUT2D eigenvalue weighted by Gasteiger charge is -2.24. The van der Waals surface area contributed by atoms with Gasteiger partial charge in [0.2, 0.25) is 5.91 Å². The molecule has 166 valence electrons. The Kier molecular flexibility index (Phi) is 6.71. The lowest BCUT2D eigenvalue weighted by atomic mass is 10.2. The van der Waals surface area contributed by atoms with Crippen LogP contribution in [0.5, 0.6) is 11.5 Å². The lowest BCUT2D eigenvalue weighted by Crippen LogP contribution is -2.38. The van der Waals surface area contributed by atoms with Crippen LogP contribution in [0.2, 0.25) is 0 Å². The molecule has 0 bridgehead atoms. The maximum Gasteiger partial charge on any atom is 0.264 e. The van der Waals surface area contributed by atoms with Crippen molar-refractivity contribution in [1.82, 2.24) is 0 Å². The summed E-state index contributed by atoms with van der Waals surface area (Å²) in [5.41, 5.74) is 0.835. The van der Waals surface area contributed by atoms with Crippen LogP contribution in [0, 0.1) is 0 Å². The van der Waals surface area contributed by atoms with Crippen LogP contribution in [0.3, 0.4) is 0 Å². The van der Waals surface area contributed by atoms with E-state index in [2.05, 4.69) is 5.32 Å². The van der Waals surface area contributed by atoms with E-state index in [1.54, 1.807) is 72.8 Å². The molecule has 33 heavy (non-hydrogen) atoms. The van der Waals surface area contributed by atoms with E-state index in [-0.39, 0.29) is 4.90 Å². The molecule has 1 amide bonds. The van der Waals surface area contributed by atoms with Crippen molar-refractivity contribution in [3.05, 3.63) is 115 Å². The second-order valence-electron chi connectivity index (χ2n) is 7.12. The van der Waals surface area contributed by atoms with Crippen molar-refractivity contribution in [2.24, 2.45) is 0 Å². The number of anilines is 2. The van der Waals surface area contributed by atoms with Crippen molar-refractivity contribution in [1.29, 1.82) is 0 Å². The van der Waals surface area contributed by atoms with Gasteiger partial charge in [-0.05, 0) is 48.5 Å². The van der Waals surface area contributed by atoms with Gasteiger partial charge in [-0.15, -0.1) is 0 Å². The van der Waals surface area contributed by atoms with Crippen LogP contribution in [0.15, 0.2) is 120 Å². The zero-order chi connectivity index (χ0) is 23.1. The average molecular weight is 459 g/mol. The van der Waals surface area contributed by atoms with E-state index in [0.29, 0.717) is 22.9 Å². The van der Waals surface area contributed by atoms with Crippen LogP contribution < -0.4 is 14.4 Å². The molecule has 0 heterocycles. The maximum atomic E-state index is 13.4. The first kappa shape index (κ1) is 22.1. The first-order valence-electron chi connectivity index (χ1n) is 10.3. The topological polar surface area (TPSA) is 75.7 Å². The van der Waals surface area contributed by atoms with Crippen molar-refractivity contribution >= 4 is 27.3 Å². The number of para-hydroxylation sites is 4. The van der Waals surface area contributed by atoms with Gasteiger partial charge in [0.25, 0.3) is 10.0 Å². The van der Waals surface area contributed by atoms with E-state index in [1.165, 1.54) is 12.1 Å². The Hall–Kier alpha value is -4.10. The summed E-state index contributed by atoms with van der Waals surface area (Å²) in [7, 11) is -3.96. The fraction of sp³-hybridized carbons (Fsp3) is 0.0385. The molecule has 0 saturated carbocycles. The Bertz CT molecular complexity index is 1310. The fourth-order valence-electron chi connectivity index (χ4n) is 3.22. The predicted molar refractivity (Wildman–Crippen MR) is 129 cm³/mol. The van der Waals surface area contributed by atoms with Crippen LogP contribution >= 0.6 is 0 Å². The normalized spacial score (nSPS) is 10.9. The first-order valence-corrected chi connectivity index (χ1v) is 11.7. The summed E-state index contributed by atoms with van der Waals surface area (Å²) in [5.74, 6) is 0.577. The van der Waals surface area contributed by atoms with Crippen LogP contribution in [-0.4, -0.2) is 20.9 Å². The van der Waals surface area contributed by atoms with Gasteiger partial charge in [-0.1, -0.05) is 66.7 Å². The van der Waals surface area contributed by atoms with Gasteiger partial charge in [0.15, 0.2) is 5.75 Å². The molecule has 0 saturated heterocycles. The van der Waals surface area contributed by atoms with Gasteiger partial charge in [-0.25, -0.2) is 8.42 Å². The summed E-state index contributed by atoms with van der Waals surface area (Å²) in [4.78, 5) is 13.1. The number of nitrogens with one attached hydrogen (secondary N) is 1. The Morgan fingerprint density at radius 1 is 0.727 bits per heavy atom. The smallest absolute Gasteiger partial charge is 0.264 e. The highest BCUT2D eigenvalue weighted by Gasteiger charge is 2.27. The summed E-state index contributed by atoms with van der Waals surface area (Å²) >= 11 is 0. The molecule has 4 rings (SSSR count). The Balaban J connectivity index is 1.59. The number of benzene rings is 4. The minimum atomic E-state index is -3.96. The van der Waals surface area contributed by atoms with E-state index in [0.717, 1.165) is 4.31 Å². The number of amides is 1. The summed E-state index contributed by atoms with van der Waals surface area (Å²) in [6.45, 7) is -0.402. The molecule has 0 unspecified atom stereocenters. The van der Waals surface area contributed by atoms with E-state index >= 15 is 0 Å². The largest absolute Gasteiger partial charge is 0.455 e. The third-order valence-electron chi connectivity index (χ3n) is 4.79. The number of nitrogens with zero attached hydrogens (tertiary/aromatic N) is 1. The van der Waals surface area contributed by atoms with E-state index in [1.807, 2.05) is 30.3 Å². The number of rotatable bonds is 8. The quantitative estimate of drug-likeness (QED) is 0.388. The molecule has 0 aliphatic heterocycles. The Labute approximate surface area is 193 Å². The minimum absolute atomic E-state index is 0.106. The molecule has 0 fully saturated rings. The number of carbonyl (C=O) groups excluding carboxylic acids is 1. The van der Waals surface area contributed by atoms with E-state index in [4.69, 9.17) is 4.74 Å². The monoisotopic (exact) mass is 458 g/mol. The summed E-state index contributed by atoms with van der Waals surface area (Å²) in [6.07, 6.45) is 0. The molecule has 0 spiro atoms. The Morgan fingerprint density at radius 3 is 1.94 bits per heavy atom. The molecule has 0 radical (unpaired) electrons. The highest BCUT2D eigenvalue weighted by Crippen LogP contribution is 2.29. The third-order valence-corrected chi connectivity index (χ3v) is 6.58. The second kappa shape index (κ2) is 10.0. The zero-order valence-corrected chi connectivity index (χ0v) is 18.5. The van der Waals surface area contributed by atoms with Gasteiger partial charge >= 0.3 is 0 Å². The fourth-order valence-corrected chi connectivity index (χ4v) is 4.67. The number of hydrogen-bond acceptors (Lipinski definition) is 4. The van der Waals surface area contributed by atoms with Gasteiger partial charge in [-0.2, -0.15) is 0 Å². The highest BCUT2D eigenvalue weighted by molar-refractivity contribution is 7.92. The predicted octanol–water partition coefficient (Wildman–Crippen LogP) is 5.31. The highest BCUT2D eigenvalue weighted by atomic mass is 32.2. The SMILES string of the molecule is O=C(CN(c1ccccc1)S(=O)(=O)c1ccccc1)Nc1ccccc1Oc1ccccc1. The summed E-state index contributed by atoms with van der Waals surface area (Å²) in [6, 6.07) is 32.8. The molecule has 6 nitrogen and oxygen atoms in total. The molecule has 4 aromatic rings. The number of sulfonamides is 1. The summed E-state index contributed by atoms with van der Waals surface area (Å²) in [5, 5.41) is 2.78. The van der Waals surface area contributed by atoms with Crippen molar-refractivity contribution < 1.29 is 17.9 Å². The number of hydrogen-bond donors (Lipinski definition) is 1. The standard InChI is InChI=1S/C26H22N2O4S/c29-26(27-24-18-10-11-19-25(24)32-22-14-6-2-7-15-22)20-28(21-12-4-1-5-13-21)33(30,31)23-16-8-3-9-17-23/h1-19H,20H2,(H,27,29). The van der Waals surface area contributed by atoms with Gasteiger partial charge in [0.1, 0.15) is 12.3 Å². The molecule has 0 atom stereocenters. The van der Waals surface area contributed by atoms with Gasteiger partial charge in [0.05, 0.1) is 16.3 Å². The van der Waals surface area contributed by atoms with Crippen molar-refractivity contribution in [3.63, 3.8) is 0 Å². The molecule has 0 aromatic heterocycles. The molecule has 4 aromatic carbocycles. The molecule has 0 aliphatic rings. The maximum absolute atomic E-state index is 13.4. The van der Waals surface area contributed by atoms with Crippen molar-refractivity contribution in [2.75, 3.05) is 16.2 Å². The van der Waals surface area contributed by atoms with E-state index < -0.39 is 22.5 Å². The molecule has 0 aliphatic carbocycles. The second-order valence-corrected chi connectivity index (χ2v) is 8.98. The zero-order valence-electron chi connectivity index (χ0n) is 17.7. The molecule has 7 heteroatoms. The third kappa shape index (κ3) is 5.39.